The van der Waals surface area contributed by atoms with E-state index in [0.29, 0.717) is 10.6 Å². The molecule has 0 unspecified atom stereocenters. The lowest BCUT2D eigenvalue weighted by Crippen LogP contribution is -1.82. The van der Waals surface area contributed by atoms with Crippen LogP contribution in [-0.2, 0) is 0 Å². The van der Waals surface area contributed by atoms with Crippen molar-refractivity contribution < 1.29 is 4.39 Å². The third kappa shape index (κ3) is 3.83. The number of rotatable bonds is 4. The third-order valence-electron chi connectivity index (χ3n) is 3.35. The maximum atomic E-state index is 13.0. The molecule has 0 fully saturated rings. The Morgan fingerprint density at radius 2 is 1.83 bits per heavy atom. The van der Waals surface area contributed by atoms with E-state index in [0.717, 1.165) is 16.8 Å². The van der Waals surface area contributed by atoms with E-state index in [1.54, 1.807) is 18.2 Å². The molecule has 116 valence electrons. The van der Waals surface area contributed by atoms with Crippen molar-refractivity contribution in [3.05, 3.63) is 88.5 Å². The molecule has 24 heavy (non-hydrogen) atoms. The molecule has 0 aliphatic carbocycles. The van der Waals surface area contributed by atoms with Crippen LogP contribution in [0.5, 0.6) is 0 Å². The Kier molecular flexibility index (Phi) is 4.95. The molecule has 1 aromatic heterocycles. The molecule has 0 aliphatic rings. The summed E-state index contributed by atoms with van der Waals surface area (Å²) in [6.07, 6.45) is 5.53. The summed E-state index contributed by atoms with van der Waals surface area (Å²) < 4.78 is 13.0. The van der Waals surface area contributed by atoms with Gasteiger partial charge in [-0.05, 0) is 35.9 Å². The van der Waals surface area contributed by atoms with Crippen molar-refractivity contribution >= 4 is 23.0 Å². The zero-order valence-corrected chi connectivity index (χ0v) is 13.5. The molecule has 0 saturated carbocycles. The summed E-state index contributed by atoms with van der Waals surface area (Å²) in [6.45, 7) is 0. The molecule has 0 atom stereocenters. The molecule has 3 rings (SSSR count). The first-order valence-corrected chi connectivity index (χ1v) is 8.19. The van der Waals surface area contributed by atoms with E-state index in [2.05, 4.69) is 11.1 Å². The normalized spacial score (nSPS) is 11.6. The molecular weight excluding hydrogens is 319 g/mol. The van der Waals surface area contributed by atoms with Crippen LogP contribution < -0.4 is 0 Å². The average molecular weight is 332 g/mol. The molecule has 2 aromatic carbocycles. The van der Waals surface area contributed by atoms with Gasteiger partial charge in [-0.1, -0.05) is 42.5 Å². The predicted octanol–water partition coefficient (Wildman–Crippen LogP) is 5.57. The Morgan fingerprint density at radius 3 is 2.54 bits per heavy atom. The highest BCUT2D eigenvalue weighted by atomic mass is 32.1. The van der Waals surface area contributed by atoms with Gasteiger partial charge in [0.2, 0.25) is 0 Å². The van der Waals surface area contributed by atoms with Gasteiger partial charge in [0.1, 0.15) is 16.9 Å². The van der Waals surface area contributed by atoms with E-state index < -0.39 is 0 Å². The summed E-state index contributed by atoms with van der Waals surface area (Å²) >= 11 is 1.40. The lowest BCUT2D eigenvalue weighted by Gasteiger charge is -1.95. The van der Waals surface area contributed by atoms with E-state index >= 15 is 0 Å². The second-order valence-corrected chi connectivity index (χ2v) is 5.86. The van der Waals surface area contributed by atoms with Crippen LogP contribution in [-0.4, -0.2) is 4.98 Å². The van der Waals surface area contributed by atoms with Crippen molar-refractivity contribution in [3.63, 3.8) is 0 Å². The van der Waals surface area contributed by atoms with Crippen LogP contribution in [0.4, 0.5) is 4.39 Å². The number of benzene rings is 2. The van der Waals surface area contributed by atoms with Crippen LogP contribution in [0.1, 0.15) is 10.6 Å². The topological polar surface area (TPSA) is 36.7 Å². The van der Waals surface area contributed by atoms with Crippen molar-refractivity contribution in [2.75, 3.05) is 0 Å². The number of aromatic nitrogens is 1. The number of allylic oxidation sites excluding steroid dienone is 3. The third-order valence-corrected chi connectivity index (χ3v) is 4.22. The van der Waals surface area contributed by atoms with E-state index in [-0.39, 0.29) is 5.82 Å². The first kappa shape index (κ1) is 15.9. The van der Waals surface area contributed by atoms with Crippen molar-refractivity contribution in [1.29, 1.82) is 5.26 Å². The second-order valence-electron chi connectivity index (χ2n) is 5.01. The van der Waals surface area contributed by atoms with Crippen molar-refractivity contribution in [1.82, 2.24) is 4.98 Å². The van der Waals surface area contributed by atoms with Crippen molar-refractivity contribution in [3.8, 4) is 17.3 Å². The van der Waals surface area contributed by atoms with Crippen LogP contribution >= 0.6 is 11.3 Å². The molecular formula is C20H13FN2S. The van der Waals surface area contributed by atoms with Gasteiger partial charge in [0, 0.05) is 10.9 Å². The Balaban J connectivity index is 1.82. The van der Waals surface area contributed by atoms with Crippen LogP contribution in [0.2, 0.25) is 0 Å². The maximum Gasteiger partial charge on any atom is 0.134 e. The highest BCUT2D eigenvalue weighted by Crippen LogP contribution is 2.26. The fourth-order valence-corrected chi connectivity index (χ4v) is 2.93. The second kappa shape index (κ2) is 7.49. The first-order chi connectivity index (χ1) is 11.8. The molecule has 0 N–H and O–H groups in total. The number of thiazole rings is 1. The van der Waals surface area contributed by atoms with E-state index in [1.807, 2.05) is 47.9 Å². The molecule has 0 radical (unpaired) electrons. The van der Waals surface area contributed by atoms with Crippen LogP contribution in [0, 0.1) is 17.1 Å². The summed E-state index contributed by atoms with van der Waals surface area (Å²) in [5.41, 5.74) is 3.14. The van der Waals surface area contributed by atoms with E-state index in [4.69, 9.17) is 0 Å². The molecule has 3 aromatic rings. The predicted molar refractivity (Wildman–Crippen MR) is 96.6 cm³/mol. The van der Waals surface area contributed by atoms with Gasteiger partial charge in [0.05, 0.1) is 11.3 Å². The Labute approximate surface area is 143 Å². The molecule has 4 heteroatoms. The number of nitriles is 1. The minimum Gasteiger partial charge on any atom is -0.235 e. The minimum atomic E-state index is -0.280. The number of nitrogens with zero attached hydrogens (tertiary/aromatic N) is 2. The molecule has 0 spiro atoms. The van der Waals surface area contributed by atoms with Gasteiger partial charge in [0.25, 0.3) is 0 Å². The lowest BCUT2D eigenvalue weighted by atomic mass is 10.2. The van der Waals surface area contributed by atoms with Gasteiger partial charge in [-0.25, -0.2) is 9.37 Å². The largest absolute Gasteiger partial charge is 0.235 e. The Hall–Kier alpha value is -3.03. The molecule has 2 nitrogen and oxygen atoms in total. The number of hydrogen-bond acceptors (Lipinski definition) is 3. The smallest absolute Gasteiger partial charge is 0.134 e. The van der Waals surface area contributed by atoms with Gasteiger partial charge in [-0.3, -0.25) is 0 Å². The quantitative estimate of drug-likeness (QED) is 0.462. The van der Waals surface area contributed by atoms with Crippen LogP contribution in [0.25, 0.3) is 22.9 Å². The summed E-state index contributed by atoms with van der Waals surface area (Å²) in [4.78, 5) is 4.48. The first-order valence-electron chi connectivity index (χ1n) is 7.31. The summed E-state index contributed by atoms with van der Waals surface area (Å²) in [5.74, 6) is -0.280. The Morgan fingerprint density at radius 1 is 1.08 bits per heavy atom. The maximum absolute atomic E-state index is 13.0. The van der Waals surface area contributed by atoms with Gasteiger partial charge in [0.15, 0.2) is 0 Å². The SMILES string of the molecule is N#CC(=CC=Cc1ccccc1)c1nc(-c2ccc(F)cc2)cs1. The molecule has 0 saturated heterocycles. The molecule has 0 aliphatic heterocycles. The molecule has 1 heterocycles. The fraction of sp³-hybridized carbons (Fsp3) is 0. The molecule has 0 amide bonds. The van der Waals surface area contributed by atoms with Gasteiger partial charge in [-0.2, -0.15) is 5.26 Å². The minimum absolute atomic E-state index is 0.280. The average Bonchev–Trinajstić information content (AvgIpc) is 3.10. The fourth-order valence-electron chi connectivity index (χ4n) is 2.13. The van der Waals surface area contributed by atoms with E-state index in [9.17, 15) is 9.65 Å². The number of hydrogen-bond donors (Lipinski definition) is 0. The van der Waals surface area contributed by atoms with Gasteiger partial charge in [-0.15, -0.1) is 11.3 Å². The summed E-state index contributed by atoms with van der Waals surface area (Å²) in [7, 11) is 0. The zero-order valence-electron chi connectivity index (χ0n) is 12.7. The van der Waals surface area contributed by atoms with Crippen molar-refractivity contribution in [2.45, 2.75) is 0 Å². The summed E-state index contributed by atoms with van der Waals surface area (Å²) in [6, 6.07) is 18.2. The standard InChI is InChI=1S/C20H13FN2S/c21-18-11-9-16(10-12-18)19-14-24-20(23-19)17(13-22)8-4-7-15-5-2-1-3-6-15/h1-12,14H. The van der Waals surface area contributed by atoms with Crippen molar-refractivity contribution in [2.24, 2.45) is 0 Å². The zero-order chi connectivity index (χ0) is 16.8. The van der Waals surface area contributed by atoms with E-state index in [1.165, 1.54) is 23.5 Å². The number of halogens is 1. The van der Waals surface area contributed by atoms with Gasteiger partial charge < -0.3 is 0 Å². The summed E-state index contributed by atoms with van der Waals surface area (Å²) in [5, 5.41) is 11.9. The monoisotopic (exact) mass is 332 g/mol. The highest BCUT2D eigenvalue weighted by molar-refractivity contribution is 7.11. The molecule has 0 bridgehead atoms. The Bertz CT molecular complexity index is 916. The van der Waals surface area contributed by atoms with Crippen LogP contribution in [0.15, 0.2) is 72.1 Å². The van der Waals surface area contributed by atoms with Crippen LogP contribution in [0.3, 0.4) is 0 Å². The highest BCUT2D eigenvalue weighted by Gasteiger charge is 2.08. The lowest BCUT2D eigenvalue weighted by molar-refractivity contribution is 0.628. The van der Waals surface area contributed by atoms with Gasteiger partial charge >= 0.3 is 0 Å².